The van der Waals surface area contributed by atoms with Gasteiger partial charge in [0.15, 0.2) is 0 Å². The maximum atomic E-state index is 5.29. The Morgan fingerprint density at radius 1 is 1.62 bits per heavy atom. The van der Waals surface area contributed by atoms with Crippen LogP contribution in [0.1, 0.15) is 19.3 Å². The van der Waals surface area contributed by atoms with Crippen molar-refractivity contribution in [1.82, 2.24) is 0 Å². The Bertz CT molecular complexity index is 128. The van der Waals surface area contributed by atoms with Crippen LogP contribution in [-0.2, 0) is 4.74 Å². The summed E-state index contributed by atoms with van der Waals surface area (Å²) in [5, 5.41) is 0. The molecule has 0 unspecified atom stereocenters. The highest BCUT2D eigenvalue weighted by Gasteiger charge is 2.42. The van der Waals surface area contributed by atoms with E-state index in [0.29, 0.717) is 12.2 Å². The highest BCUT2D eigenvalue weighted by molar-refractivity contribution is 5.15. The number of epoxide rings is 1. The van der Waals surface area contributed by atoms with Crippen LogP contribution < -0.4 is 0 Å². The number of hydrogen-bond acceptors (Lipinski definition) is 1. The summed E-state index contributed by atoms with van der Waals surface area (Å²) in [6, 6.07) is 0. The summed E-state index contributed by atoms with van der Waals surface area (Å²) in [5.74, 6) is 0. The zero-order valence-electron chi connectivity index (χ0n) is 4.89. The summed E-state index contributed by atoms with van der Waals surface area (Å²) in [6.45, 7) is 3.91. The molecule has 8 heavy (non-hydrogen) atoms. The van der Waals surface area contributed by atoms with Crippen molar-refractivity contribution < 1.29 is 4.74 Å². The Labute approximate surface area is 49.3 Å². The zero-order chi connectivity index (χ0) is 5.56. The van der Waals surface area contributed by atoms with Crippen LogP contribution in [0.4, 0.5) is 0 Å². The molecule has 0 aromatic heterocycles. The summed E-state index contributed by atoms with van der Waals surface area (Å²) in [7, 11) is 0. The van der Waals surface area contributed by atoms with Crippen molar-refractivity contribution >= 4 is 0 Å². The summed E-state index contributed by atoms with van der Waals surface area (Å²) in [4.78, 5) is 0. The third-order valence-corrected chi connectivity index (χ3v) is 1.97. The molecule has 44 valence electrons. The Morgan fingerprint density at radius 2 is 2.50 bits per heavy atom. The first-order valence-corrected chi connectivity index (χ1v) is 3.21. The lowest BCUT2D eigenvalue weighted by molar-refractivity contribution is 0.384. The molecule has 2 rings (SSSR count). The molecule has 2 aliphatic rings. The first kappa shape index (κ1) is 4.57. The van der Waals surface area contributed by atoms with Crippen LogP contribution in [0.5, 0.6) is 0 Å². The van der Waals surface area contributed by atoms with Crippen LogP contribution >= 0.6 is 0 Å². The molecule has 1 heterocycles. The molecule has 0 spiro atoms. The van der Waals surface area contributed by atoms with Crippen molar-refractivity contribution in [1.29, 1.82) is 0 Å². The van der Waals surface area contributed by atoms with E-state index in [0.717, 1.165) is 0 Å². The zero-order valence-corrected chi connectivity index (χ0v) is 4.89. The van der Waals surface area contributed by atoms with E-state index in [9.17, 15) is 0 Å². The average molecular weight is 110 g/mol. The van der Waals surface area contributed by atoms with Crippen LogP contribution in [0.3, 0.4) is 0 Å². The van der Waals surface area contributed by atoms with Crippen LogP contribution in [0.2, 0.25) is 0 Å². The van der Waals surface area contributed by atoms with Gasteiger partial charge in [-0.3, -0.25) is 0 Å². The molecule has 0 bridgehead atoms. The second-order valence-electron chi connectivity index (χ2n) is 2.65. The van der Waals surface area contributed by atoms with Crippen molar-refractivity contribution in [3.63, 3.8) is 0 Å². The lowest BCUT2D eigenvalue weighted by Crippen LogP contribution is -2.03. The molecule has 2 fully saturated rings. The van der Waals surface area contributed by atoms with E-state index < -0.39 is 0 Å². The van der Waals surface area contributed by atoms with E-state index in [2.05, 4.69) is 6.58 Å². The lowest BCUT2D eigenvalue weighted by atomic mass is 9.97. The molecule has 1 nitrogen and oxygen atoms in total. The number of fused-ring (bicyclic) bond motifs is 1. The minimum absolute atomic E-state index is 0.476. The van der Waals surface area contributed by atoms with Gasteiger partial charge < -0.3 is 4.74 Å². The monoisotopic (exact) mass is 110 g/mol. The van der Waals surface area contributed by atoms with Crippen LogP contribution in [0.25, 0.3) is 0 Å². The summed E-state index contributed by atoms with van der Waals surface area (Å²) >= 11 is 0. The fourth-order valence-electron chi connectivity index (χ4n) is 1.39. The molecule has 0 amide bonds. The van der Waals surface area contributed by atoms with E-state index in [1.165, 1.54) is 24.8 Å². The highest BCUT2D eigenvalue weighted by Crippen LogP contribution is 2.38. The summed E-state index contributed by atoms with van der Waals surface area (Å²) in [5.41, 5.74) is 1.32. The van der Waals surface area contributed by atoms with Gasteiger partial charge in [-0.1, -0.05) is 6.58 Å². The molecular formula is C7H10O. The number of ether oxygens (including phenoxy) is 1. The lowest BCUT2D eigenvalue weighted by Gasteiger charge is -2.05. The fourth-order valence-corrected chi connectivity index (χ4v) is 1.39. The molecule has 1 saturated carbocycles. The van der Waals surface area contributed by atoms with Gasteiger partial charge in [-0.2, -0.15) is 0 Å². The van der Waals surface area contributed by atoms with Gasteiger partial charge in [-0.05, 0) is 24.8 Å². The van der Waals surface area contributed by atoms with E-state index in [4.69, 9.17) is 4.74 Å². The molecule has 1 aliphatic heterocycles. The van der Waals surface area contributed by atoms with Gasteiger partial charge in [0.25, 0.3) is 0 Å². The second-order valence-corrected chi connectivity index (χ2v) is 2.65. The van der Waals surface area contributed by atoms with E-state index >= 15 is 0 Å². The Balaban J connectivity index is 2.08. The van der Waals surface area contributed by atoms with Crippen molar-refractivity contribution in [3.8, 4) is 0 Å². The number of hydrogen-bond donors (Lipinski definition) is 0. The van der Waals surface area contributed by atoms with Gasteiger partial charge in [0.2, 0.25) is 0 Å². The second kappa shape index (κ2) is 1.35. The summed E-state index contributed by atoms with van der Waals surface area (Å²) in [6.07, 6.45) is 4.81. The first-order chi connectivity index (χ1) is 3.88. The molecule has 0 aromatic carbocycles. The van der Waals surface area contributed by atoms with Gasteiger partial charge in [0.1, 0.15) is 6.10 Å². The van der Waals surface area contributed by atoms with E-state index in [1.54, 1.807) is 0 Å². The predicted octanol–water partition coefficient (Wildman–Crippen LogP) is 1.49. The van der Waals surface area contributed by atoms with Gasteiger partial charge in [-0.15, -0.1) is 0 Å². The van der Waals surface area contributed by atoms with Crippen molar-refractivity contribution in [2.45, 2.75) is 31.5 Å². The molecule has 1 saturated heterocycles. The molecule has 0 aromatic rings. The van der Waals surface area contributed by atoms with Crippen molar-refractivity contribution in [3.05, 3.63) is 12.2 Å². The highest BCUT2D eigenvalue weighted by atomic mass is 16.6. The molecule has 1 aliphatic carbocycles. The van der Waals surface area contributed by atoms with Gasteiger partial charge in [0, 0.05) is 0 Å². The smallest absolute Gasteiger partial charge is 0.105 e. The SMILES string of the molecule is C=C1CCC[C@H]2O[C@@H]12. The predicted molar refractivity (Wildman–Crippen MR) is 31.7 cm³/mol. The van der Waals surface area contributed by atoms with Gasteiger partial charge in [-0.25, -0.2) is 0 Å². The topological polar surface area (TPSA) is 12.5 Å². The normalized spacial score (nSPS) is 43.8. The van der Waals surface area contributed by atoms with Gasteiger partial charge in [0.05, 0.1) is 6.10 Å². The molecule has 0 radical (unpaired) electrons. The van der Waals surface area contributed by atoms with Crippen molar-refractivity contribution in [2.75, 3.05) is 0 Å². The van der Waals surface area contributed by atoms with Crippen LogP contribution in [0.15, 0.2) is 12.2 Å². The maximum absolute atomic E-state index is 5.29. The Kier molecular flexibility index (Phi) is 0.770. The minimum Gasteiger partial charge on any atom is -0.365 e. The third-order valence-electron chi connectivity index (χ3n) is 1.97. The largest absolute Gasteiger partial charge is 0.365 e. The maximum Gasteiger partial charge on any atom is 0.105 e. The van der Waals surface area contributed by atoms with Gasteiger partial charge >= 0.3 is 0 Å². The van der Waals surface area contributed by atoms with E-state index in [1.807, 2.05) is 0 Å². The molecule has 1 heteroatoms. The first-order valence-electron chi connectivity index (χ1n) is 3.21. The van der Waals surface area contributed by atoms with E-state index in [-0.39, 0.29) is 0 Å². The molecule has 2 atom stereocenters. The third kappa shape index (κ3) is 0.511. The summed E-state index contributed by atoms with van der Waals surface area (Å²) < 4.78 is 5.29. The Hall–Kier alpha value is -0.300. The standard InChI is InChI=1S/C7H10O/c1-5-3-2-4-6-7(5)8-6/h6-7H,1-4H2/t6-,7+/m1/s1. The average Bonchev–Trinajstić information content (AvgIpc) is 2.45. The van der Waals surface area contributed by atoms with Crippen LogP contribution in [0, 0.1) is 0 Å². The quantitative estimate of drug-likeness (QED) is 0.340. The molecule has 0 N–H and O–H groups in total. The molecular weight excluding hydrogens is 100 g/mol. The minimum atomic E-state index is 0.476. The fraction of sp³-hybridized carbons (Fsp3) is 0.714. The Morgan fingerprint density at radius 3 is 3.12 bits per heavy atom. The number of rotatable bonds is 0. The van der Waals surface area contributed by atoms with Crippen molar-refractivity contribution in [2.24, 2.45) is 0 Å². The van der Waals surface area contributed by atoms with Crippen LogP contribution in [-0.4, -0.2) is 12.2 Å².